The molecule has 3 aromatic rings. The summed E-state index contributed by atoms with van der Waals surface area (Å²) in [5.74, 6) is 0.806. The number of benzene rings is 3. The van der Waals surface area contributed by atoms with Crippen molar-refractivity contribution in [3.05, 3.63) is 90.0 Å². The molecule has 0 aliphatic carbocycles. The summed E-state index contributed by atoms with van der Waals surface area (Å²) in [6, 6.07) is 27.3. The van der Waals surface area contributed by atoms with E-state index >= 15 is 0 Å². The molecule has 1 atom stereocenters. The van der Waals surface area contributed by atoms with Gasteiger partial charge in [0.05, 0.1) is 13.1 Å². The molecule has 0 saturated carbocycles. The fraction of sp³-hybridized carbons (Fsp3) is 0.333. The molecule has 0 spiro atoms. The van der Waals surface area contributed by atoms with E-state index in [2.05, 4.69) is 55.5 Å². The predicted molar refractivity (Wildman–Crippen MR) is 122 cm³/mol. The zero-order valence-electron chi connectivity index (χ0n) is 17.8. The van der Waals surface area contributed by atoms with Crippen LogP contribution < -0.4 is 4.74 Å². The lowest BCUT2D eigenvalue weighted by Gasteiger charge is -2.36. The van der Waals surface area contributed by atoms with Crippen molar-refractivity contribution in [1.29, 1.82) is 0 Å². The molecule has 1 aliphatic rings. The molecule has 1 fully saturated rings. The van der Waals surface area contributed by atoms with Crippen molar-refractivity contribution in [2.24, 2.45) is 0 Å². The van der Waals surface area contributed by atoms with Crippen molar-refractivity contribution >= 4 is 0 Å². The lowest BCUT2D eigenvalue weighted by molar-refractivity contribution is -0.932. The van der Waals surface area contributed by atoms with Crippen LogP contribution >= 0.6 is 0 Å². The summed E-state index contributed by atoms with van der Waals surface area (Å²) in [4.78, 5) is 0. The maximum Gasteiger partial charge on any atom is 0.137 e. The first kappa shape index (κ1) is 20.6. The lowest BCUT2D eigenvalue weighted by Crippen LogP contribution is -2.50. The normalized spacial score (nSPS) is 16.3. The van der Waals surface area contributed by atoms with E-state index < -0.39 is 6.10 Å². The molecule has 1 N–H and O–H groups in total. The number of aliphatic hydroxyl groups excluding tert-OH is 1. The molecule has 0 bridgehead atoms. The van der Waals surface area contributed by atoms with Gasteiger partial charge in [-0.3, -0.25) is 0 Å². The first-order chi connectivity index (χ1) is 14.6. The zero-order valence-corrected chi connectivity index (χ0v) is 17.8. The maximum absolute atomic E-state index is 10.8. The number of hydrogen-bond acceptors (Lipinski definition) is 2. The van der Waals surface area contributed by atoms with E-state index in [-0.39, 0.29) is 0 Å². The number of quaternary nitrogens is 1. The van der Waals surface area contributed by atoms with Crippen molar-refractivity contribution in [1.82, 2.24) is 0 Å². The van der Waals surface area contributed by atoms with Crippen LogP contribution in [-0.2, 0) is 6.54 Å². The molecule has 3 heteroatoms. The largest absolute Gasteiger partial charge is 0.491 e. The van der Waals surface area contributed by atoms with E-state index in [0.29, 0.717) is 6.61 Å². The van der Waals surface area contributed by atoms with E-state index in [9.17, 15) is 5.11 Å². The summed E-state index contributed by atoms with van der Waals surface area (Å²) < 4.78 is 6.88. The highest BCUT2D eigenvalue weighted by atomic mass is 16.5. The average molecular weight is 403 g/mol. The fourth-order valence-electron chi connectivity index (χ4n) is 4.56. The molecule has 1 unspecified atom stereocenters. The molecule has 4 rings (SSSR count). The Labute approximate surface area is 180 Å². The second-order valence-electron chi connectivity index (χ2n) is 8.68. The van der Waals surface area contributed by atoms with Crippen LogP contribution in [0.4, 0.5) is 0 Å². The third-order valence-electron chi connectivity index (χ3n) is 6.16. The van der Waals surface area contributed by atoms with Gasteiger partial charge in [0.25, 0.3) is 0 Å². The summed E-state index contributed by atoms with van der Waals surface area (Å²) in [7, 11) is 0. The molecule has 1 heterocycles. The van der Waals surface area contributed by atoms with Gasteiger partial charge in [0.15, 0.2) is 0 Å². The molecule has 3 nitrogen and oxygen atoms in total. The highest BCUT2D eigenvalue weighted by Gasteiger charge is 2.34. The topological polar surface area (TPSA) is 29.5 Å². The van der Waals surface area contributed by atoms with Gasteiger partial charge >= 0.3 is 0 Å². The van der Waals surface area contributed by atoms with Crippen molar-refractivity contribution in [3.8, 4) is 16.9 Å². The quantitative estimate of drug-likeness (QED) is 0.524. The summed E-state index contributed by atoms with van der Waals surface area (Å²) in [6.07, 6.45) is 2.00. The van der Waals surface area contributed by atoms with Crippen LogP contribution in [0.5, 0.6) is 5.75 Å². The molecule has 1 saturated heterocycles. The average Bonchev–Trinajstić information content (AvgIpc) is 3.23. The molecule has 30 heavy (non-hydrogen) atoms. The van der Waals surface area contributed by atoms with Gasteiger partial charge in [-0.05, 0) is 30.2 Å². The number of nitrogens with zero attached hydrogens (tertiary/aromatic N) is 1. The molecule has 0 aromatic heterocycles. The minimum absolute atomic E-state index is 0.332. The van der Waals surface area contributed by atoms with Gasteiger partial charge in [-0.15, -0.1) is 0 Å². The number of hydrogen-bond donors (Lipinski definition) is 1. The maximum atomic E-state index is 10.8. The fourth-order valence-corrected chi connectivity index (χ4v) is 4.56. The SMILES string of the molecule is Cc1ccc(C[N+]2(CC(O)COc3ccc(-c4ccccc4)cc3)CCCC2)cc1. The highest BCUT2D eigenvalue weighted by Crippen LogP contribution is 2.25. The van der Waals surface area contributed by atoms with Crippen molar-refractivity contribution in [3.63, 3.8) is 0 Å². The molecular weight excluding hydrogens is 370 g/mol. The van der Waals surface area contributed by atoms with E-state index in [4.69, 9.17) is 4.74 Å². The van der Waals surface area contributed by atoms with Crippen molar-refractivity contribution in [2.45, 2.75) is 32.4 Å². The molecule has 0 amide bonds. The van der Waals surface area contributed by atoms with Gasteiger partial charge in [-0.2, -0.15) is 0 Å². The number of likely N-dealkylation sites (tertiary alicyclic amines) is 1. The van der Waals surface area contributed by atoms with Crippen molar-refractivity contribution in [2.75, 3.05) is 26.2 Å². The first-order valence-corrected chi connectivity index (χ1v) is 11.0. The van der Waals surface area contributed by atoms with Gasteiger partial charge in [-0.25, -0.2) is 0 Å². The van der Waals surface area contributed by atoms with Gasteiger partial charge in [-0.1, -0.05) is 72.3 Å². The van der Waals surface area contributed by atoms with Gasteiger partial charge in [0, 0.05) is 18.4 Å². The summed E-state index contributed by atoms with van der Waals surface area (Å²) >= 11 is 0. The Morgan fingerprint density at radius 3 is 2.13 bits per heavy atom. The zero-order chi connectivity index (χ0) is 20.8. The monoisotopic (exact) mass is 402 g/mol. The smallest absolute Gasteiger partial charge is 0.137 e. The third kappa shape index (κ3) is 5.29. The number of aliphatic hydroxyl groups is 1. The minimum atomic E-state index is -0.470. The number of aryl methyl sites for hydroxylation is 1. The summed E-state index contributed by atoms with van der Waals surface area (Å²) in [5.41, 5.74) is 5.01. The van der Waals surface area contributed by atoms with E-state index in [1.54, 1.807) is 0 Å². The summed E-state index contributed by atoms with van der Waals surface area (Å²) in [5, 5.41) is 10.8. The van der Waals surface area contributed by atoms with E-state index in [1.165, 1.54) is 35.1 Å². The number of rotatable bonds is 8. The Morgan fingerprint density at radius 1 is 0.833 bits per heavy atom. The first-order valence-electron chi connectivity index (χ1n) is 11.0. The Morgan fingerprint density at radius 2 is 1.47 bits per heavy atom. The van der Waals surface area contributed by atoms with E-state index in [1.807, 2.05) is 30.3 Å². The second kappa shape index (κ2) is 9.46. The summed E-state index contributed by atoms with van der Waals surface area (Å²) in [6.45, 7) is 6.46. The van der Waals surface area contributed by atoms with Gasteiger partial charge < -0.3 is 14.3 Å². The standard InChI is InChI=1S/C27H32NO2/c1-22-9-11-23(12-10-22)19-28(17-5-6-18-28)20-26(29)21-30-27-15-13-25(14-16-27)24-7-3-2-4-8-24/h2-4,7-16,26,29H,5-6,17-21H2,1H3/q+1. The lowest BCUT2D eigenvalue weighted by atomic mass is 10.1. The molecule has 1 aliphatic heterocycles. The van der Waals surface area contributed by atoms with Gasteiger partial charge in [0.2, 0.25) is 0 Å². The third-order valence-corrected chi connectivity index (χ3v) is 6.16. The second-order valence-corrected chi connectivity index (χ2v) is 8.68. The van der Waals surface area contributed by atoms with Crippen LogP contribution in [0.3, 0.4) is 0 Å². The molecule has 0 radical (unpaired) electrons. The van der Waals surface area contributed by atoms with Crippen LogP contribution in [0.25, 0.3) is 11.1 Å². The van der Waals surface area contributed by atoms with Crippen LogP contribution in [-0.4, -0.2) is 41.9 Å². The van der Waals surface area contributed by atoms with Crippen molar-refractivity contribution < 1.29 is 14.3 Å². The Balaban J connectivity index is 1.33. The van der Waals surface area contributed by atoms with Crippen LogP contribution in [0.2, 0.25) is 0 Å². The minimum Gasteiger partial charge on any atom is -0.491 e. The van der Waals surface area contributed by atoms with Crippen LogP contribution in [0.15, 0.2) is 78.9 Å². The molecule has 3 aromatic carbocycles. The highest BCUT2D eigenvalue weighted by molar-refractivity contribution is 5.63. The van der Waals surface area contributed by atoms with E-state index in [0.717, 1.165) is 36.4 Å². The van der Waals surface area contributed by atoms with Crippen LogP contribution in [0, 0.1) is 6.92 Å². The van der Waals surface area contributed by atoms with Crippen LogP contribution in [0.1, 0.15) is 24.0 Å². The Hall–Kier alpha value is -2.62. The number of ether oxygens (including phenoxy) is 1. The Bertz CT molecular complexity index is 913. The molecular formula is C27H32NO2+. The van der Waals surface area contributed by atoms with Gasteiger partial charge in [0.1, 0.15) is 31.5 Å². The molecule has 156 valence electrons. The Kier molecular flexibility index (Phi) is 6.51. The predicted octanol–water partition coefficient (Wildman–Crippen LogP) is 5.21.